The lowest BCUT2D eigenvalue weighted by atomic mass is 9.97. The highest BCUT2D eigenvalue weighted by Crippen LogP contribution is 2.26. The molecule has 0 fully saturated rings. The van der Waals surface area contributed by atoms with Gasteiger partial charge in [0.15, 0.2) is 5.92 Å². The van der Waals surface area contributed by atoms with Crippen LogP contribution in [0.25, 0.3) is 0 Å². The first kappa shape index (κ1) is 16.5. The Balaban J connectivity index is 3.27. The quantitative estimate of drug-likeness (QED) is 0.579. The molecule has 2 N–H and O–H groups in total. The van der Waals surface area contributed by atoms with Gasteiger partial charge >= 0.3 is 17.9 Å². The van der Waals surface area contributed by atoms with E-state index < -0.39 is 23.8 Å². The van der Waals surface area contributed by atoms with Crippen LogP contribution in [0.5, 0.6) is 5.75 Å². The van der Waals surface area contributed by atoms with E-state index in [9.17, 15) is 14.4 Å². The minimum atomic E-state index is -1.72. The molecule has 0 unspecified atom stereocenters. The fourth-order valence-corrected chi connectivity index (χ4v) is 1.76. The van der Waals surface area contributed by atoms with Gasteiger partial charge in [0.05, 0.1) is 13.2 Å². The molecule has 0 spiro atoms. The van der Waals surface area contributed by atoms with Gasteiger partial charge in [0.2, 0.25) is 0 Å². The lowest BCUT2D eigenvalue weighted by Gasteiger charge is -2.13. The summed E-state index contributed by atoms with van der Waals surface area (Å²) in [6, 6.07) is 3.81. The van der Waals surface area contributed by atoms with Gasteiger partial charge in [-0.3, -0.25) is 9.59 Å². The molecule has 0 aromatic heterocycles. The molecule has 114 valence electrons. The zero-order chi connectivity index (χ0) is 16.0. The monoisotopic (exact) mass is 296 g/mol. The summed E-state index contributed by atoms with van der Waals surface area (Å²) < 4.78 is 10.1. The third kappa shape index (κ3) is 3.95. The smallest absolute Gasteiger partial charge is 0.341 e. The number of carbonyl (C=O) groups is 3. The summed E-state index contributed by atoms with van der Waals surface area (Å²) in [5.74, 6) is -5.22. The first-order chi connectivity index (χ1) is 9.92. The van der Waals surface area contributed by atoms with Crippen molar-refractivity contribution < 1.29 is 34.1 Å². The van der Waals surface area contributed by atoms with Crippen LogP contribution in [0.2, 0.25) is 0 Å². The molecule has 7 heteroatoms. The average molecular weight is 296 g/mol. The maximum atomic E-state index is 11.8. The number of carbonyl (C=O) groups excluding carboxylic acids is 1. The maximum Gasteiger partial charge on any atom is 0.341 e. The Kier molecular flexibility index (Phi) is 5.71. The van der Waals surface area contributed by atoms with E-state index in [1.165, 1.54) is 18.2 Å². The van der Waals surface area contributed by atoms with Crippen LogP contribution in [-0.4, -0.2) is 41.3 Å². The SMILES string of the molecule is CCOC(=O)c1ccc(C(C(=O)O)C(=O)O)cc1OCC. The fraction of sp³-hybridized carbons (Fsp3) is 0.357. The van der Waals surface area contributed by atoms with Crippen molar-refractivity contribution in [2.24, 2.45) is 0 Å². The minimum Gasteiger partial charge on any atom is -0.493 e. The molecule has 0 radical (unpaired) electrons. The largest absolute Gasteiger partial charge is 0.493 e. The van der Waals surface area contributed by atoms with Gasteiger partial charge in [-0.1, -0.05) is 6.07 Å². The zero-order valence-electron chi connectivity index (χ0n) is 11.7. The summed E-state index contributed by atoms with van der Waals surface area (Å²) in [5.41, 5.74) is 0.142. The Morgan fingerprint density at radius 3 is 2.19 bits per heavy atom. The van der Waals surface area contributed by atoms with Gasteiger partial charge in [-0.2, -0.15) is 0 Å². The first-order valence-corrected chi connectivity index (χ1v) is 6.31. The third-order valence-electron chi connectivity index (χ3n) is 2.63. The number of aliphatic carboxylic acids is 2. The molecule has 1 aromatic carbocycles. The molecule has 1 aromatic rings. The molecule has 0 bridgehead atoms. The van der Waals surface area contributed by atoms with Crippen molar-refractivity contribution in [2.75, 3.05) is 13.2 Å². The topological polar surface area (TPSA) is 110 Å². The molecule has 0 aliphatic carbocycles. The van der Waals surface area contributed by atoms with Crippen molar-refractivity contribution in [1.82, 2.24) is 0 Å². The summed E-state index contributed by atoms with van der Waals surface area (Å²) in [4.78, 5) is 33.8. The first-order valence-electron chi connectivity index (χ1n) is 6.31. The molecule has 0 amide bonds. The second-order valence-corrected chi connectivity index (χ2v) is 4.02. The van der Waals surface area contributed by atoms with E-state index in [4.69, 9.17) is 19.7 Å². The number of hydrogen-bond acceptors (Lipinski definition) is 5. The molecule has 0 saturated carbocycles. The van der Waals surface area contributed by atoms with Crippen LogP contribution >= 0.6 is 0 Å². The van der Waals surface area contributed by atoms with Crippen LogP contribution < -0.4 is 4.74 Å². The van der Waals surface area contributed by atoms with Gasteiger partial charge in [0, 0.05) is 0 Å². The van der Waals surface area contributed by atoms with Crippen molar-refractivity contribution >= 4 is 17.9 Å². The van der Waals surface area contributed by atoms with Gasteiger partial charge in [0.25, 0.3) is 0 Å². The molecular formula is C14H16O7. The molecule has 0 saturated heterocycles. The van der Waals surface area contributed by atoms with E-state index in [1.807, 2.05) is 0 Å². The van der Waals surface area contributed by atoms with Crippen LogP contribution in [0, 0.1) is 0 Å². The van der Waals surface area contributed by atoms with Gasteiger partial charge in [0.1, 0.15) is 11.3 Å². The number of carboxylic acids is 2. The van der Waals surface area contributed by atoms with Gasteiger partial charge in [-0.15, -0.1) is 0 Å². The predicted molar refractivity (Wildman–Crippen MR) is 71.6 cm³/mol. The highest BCUT2D eigenvalue weighted by molar-refractivity contribution is 5.99. The summed E-state index contributed by atoms with van der Waals surface area (Å²) in [5, 5.41) is 17.9. The lowest BCUT2D eigenvalue weighted by molar-refractivity contribution is -0.150. The second kappa shape index (κ2) is 7.28. The number of benzene rings is 1. The van der Waals surface area contributed by atoms with Crippen LogP contribution in [0.4, 0.5) is 0 Å². The number of hydrogen-bond donors (Lipinski definition) is 2. The molecule has 7 nitrogen and oxygen atoms in total. The Morgan fingerprint density at radius 2 is 1.71 bits per heavy atom. The maximum absolute atomic E-state index is 11.8. The van der Waals surface area contributed by atoms with Crippen LogP contribution in [0.3, 0.4) is 0 Å². The Hall–Kier alpha value is -2.57. The highest BCUT2D eigenvalue weighted by atomic mass is 16.5. The van der Waals surface area contributed by atoms with Crippen molar-refractivity contribution in [3.63, 3.8) is 0 Å². The Bertz CT molecular complexity index is 536. The molecule has 0 aliphatic heterocycles. The molecule has 1 rings (SSSR count). The fourth-order valence-electron chi connectivity index (χ4n) is 1.76. The van der Waals surface area contributed by atoms with E-state index in [1.54, 1.807) is 13.8 Å². The molecule has 0 aliphatic rings. The summed E-state index contributed by atoms with van der Waals surface area (Å²) in [6.45, 7) is 3.75. The Labute approximate surface area is 121 Å². The number of carboxylic acid groups (broad SMARTS) is 2. The standard InChI is InChI=1S/C14H16O7/c1-3-20-10-7-8(11(12(15)16)13(17)18)5-6-9(10)14(19)21-4-2/h5-7,11H,3-4H2,1-2H3,(H,15,16)(H,17,18). The van der Waals surface area contributed by atoms with E-state index in [0.29, 0.717) is 0 Å². The van der Waals surface area contributed by atoms with Gasteiger partial charge in [-0.05, 0) is 31.5 Å². The summed E-state index contributed by atoms with van der Waals surface area (Å²) in [7, 11) is 0. The van der Waals surface area contributed by atoms with E-state index in [0.717, 1.165) is 0 Å². The summed E-state index contributed by atoms with van der Waals surface area (Å²) >= 11 is 0. The molecular weight excluding hydrogens is 280 g/mol. The lowest BCUT2D eigenvalue weighted by Crippen LogP contribution is -2.21. The number of esters is 1. The van der Waals surface area contributed by atoms with Crippen molar-refractivity contribution in [3.05, 3.63) is 29.3 Å². The number of ether oxygens (including phenoxy) is 2. The normalized spacial score (nSPS) is 10.2. The zero-order valence-corrected chi connectivity index (χ0v) is 11.7. The van der Waals surface area contributed by atoms with E-state index >= 15 is 0 Å². The highest BCUT2D eigenvalue weighted by Gasteiger charge is 2.29. The minimum absolute atomic E-state index is 0.0199. The second-order valence-electron chi connectivity index (χ2n) is 4.02. The van der Waals surface area contributed by atoms with Crippen LogP contribution in [-0.2, 0) is 14.3 Å². The molecule has 0 heterocycles. The Morgan fingerprint density at radius 1 is 1.10 bits per heavy atom. The molecule has 21 heavy (non-hydrogen) atoms. The average Bonchev–Trinajstić information content (AvgIpc) is 2.38. The number of rotatable bonds is 7. The van der Waals surface area contributed by atoms with Gasteiger partial charge in [-0.25, -0.2) is 4.79 Å². The third-order valence-corrected chi connectivity index (χ3v) is 2.63. The summed E-state index contributed by atoms with van der Waals surface area (Å²) in [6.07, 6.45) is 0. The van der Waals surface area contributed by atoms with E-state index in [-0.39, 0.29) is 30.1 Å². The molecule has 0 atom stereocenters. The van der Waals surface area contributed by atoms with Crippen molar-refractivity contribution in [2.45, 2.75) is 19.8 Å². The van der Waals surface area contributed by atoms with Crippen LogP contribution in [0.15, 0.2) is 18.2 Å². The predicted octanol–water partition coefficient (Wildman–Crippen LogP) is 1.51. The van der Waals surface area contributed by atoms with Crippen LogP contribution in [0.1, 0.15) is 35.7 Å². The van der Waals surface area contributed by atoms with Crippen molar-refractivity contribution in [3.8, 4) is 5.75 Å². The van der Waals surface area contributed by atoms with E-state index in [2.05, 4.69) is 0 Å². The van der Waals surface area contributed by atoms with Crippen molar-refractivity contribution in [1.29, 1.82) is 0 Å². The van der Waals surface area contributed by atoms with Gasteiger partial charge < -0.3 is 19.7 Å².